The number of aliphatic hydroxyl groups is 1. The molecule has 0 aliphatic carbocycles. The van der Waals surface area contributed by atoms with E-state index >= 15 is 0 Å². The zero-order valence-electron chi connectivity index (χ0n) is 18.9. The average molecular weight is 453 g/mol. The minimum atomic E-state index is -0.166. The zero-order valence-corrected chi connectivity index (χ0v) is 18.9. The van der Waals surface area contributed by atoms with Crippen LogP contribution < -0.4 is 4.74 Å². The first kappa shape index (κ1) is 21.5. The highest BCUT2D eigenvalue weighted by atomic mass is 16.5. The molecule has 0 radical (unpaired) electrons. The molecule has 1 N–H and O–H groups in total. The molecule has 5 rings (SSSR count). The Kier molecular flexibility index (Phi) is 5.79. The van der Waals surface area contributed by atoms with Gasteiger partial charge in [0.05, 0.1) is 12.1 Å². The summed E-state index contributed by atoms with van der Waals surface area (Å²) in [7, 11) is 0. The number of amides is 2. The Morgan fingerprint density at radius 2 is 1.88 bits per heavy atom. The third kappa shape index (κ3) is 4.08. The van der Waals surface area contributed by atoms with Crippen LogP contribution in [0.15, 0.2) is 18.7 Å². The van der Waals surface area contributed by atoms with Gasteiger partial charge in [0.25, 0.3) is 0 Å². The zero-order chi connectivity index (χ0) is 22.9. The van der Waals surface area contributed by atoms with E-state index in [1.807, 2.05) is 28.2 Å². The smallest absolute Gasteiger partial charge is 0.320 e. The van der Waals surface area contributed by atoms with E-state index in [-0.39, 0.29) is 24.7 Å². The van der Waals surface area contributed by atoms with Crippen LogP contribution >= 0.6 is 0 Å². The summed E-state index contributed by atoms with van der Waals surface area (Å²) in [4.78, 5) is 38.6. The van der Waals surface area contributed by atoms with Gasteiger partial charge in [-0.2, -0.15) is 4.98 Å². The van der Waals surface area contributed by atoms with E-state index in [9.17, 15) is 9.90 Å². The van der Waals surface area contributed by atoms with Crippen molar-refractivity contribution in [3.63, 3.8) is 0 Å². The number of carbonyl (C=O) groups excluding carboxylic acids is 1. The van der Waals surface area contributed by atoms with E-state index < -0.39 is 0 Å². The number of fused-ring (bicyclic) bond motifs is 1. The molecule has 2 saturated heterocycles. The lowest BCUT2D eigenvalue weighted by Crippen LogP contribution is -2.41. The summed E-state index contributed by atoms with van der Waals surface area (Å²) in [5.41, 5.74) is 2.08. The Bertz CT molecular complexity index is 1150. The lowest BCUT2D eigenvalue weighted by molar-refractivity contribution is 0.155. The Hall–Kier alpha value is -3.34. The Morgan fingerprint density at radius 1 is 1.12 bits per heavy atom. The van der Waals surface area contributed by atoms with E-state index in [1.165, 1.54) is 6.33 Å². The van der Waals surface area contributed by atoms with Crippen molar-refractivity contribution in [1.29, 1.82) is 0 Å². The van der Waals surface area contributed by atoms with Crippen LogP contribution in [0.1, 0.15) is 25.6 Å². The second-order valence-electron chi connectivity index (χ2n) is 8.59. The van der Waals surface area contributed by atoms with E-state index in [2.05, 4.69) is 19.9 Å². The molecule has 2 amide bonds. The molecule has 174 valence electrons. The summed E-state index contributed by atoms with van der Waals surface area (Å²) < 4.78 is 8.22. The fraction of sp³-hybridized carbons (Fsp3) is 0.545. The predicted molar refractivity (Wildman–Crippen MR) is 120 cm³/mol. The maximum Gasteiger partial charge on any atom is 0.320 e. The Balaban J connectivity index is 1.34. The van der Waals surface area contributed by atoms with Gasteiger partial charge in [0.15, 0.2) is 11.2 Å². The van der Waals surface area contributed by atoms with Gasteiger partial charge >= 0.3 is 6.03 Å². The number of aliphatic hydroxyl groups excluding tert-OH is 1. The molecule has 11 nitrogen and oxygen atoms in total. The highest BCUT2D eigenvalue weighted by Gasteiger charge is 2.34. The number of carbonyl (C=O) groups is 1. The summed E-state index contributed by atoms with van der Waals surface area (Å²) in [6.07, 6.45) is 6.40. The van der Waals surface area contributed by atoms with Crippen LogP contribution in [-0.2, 0) is 6.54 Å². The summed E-state index contributed by atoms with van der Waals surface area (Å²) in [5, 5.41) is 9.35. The van der Waals surface area contributed by atoms with Gasteiger partial charge in [-0.25, -0.2) is 24.7 Å². The van der Waals surface area contributed by atoms with Crippen LogP contribution in [0, 0.1) is 12.8 Å². The number of aromatic nitrogens is 6. The minimum absolute atomic E-state index is 0.0156. The number of ether oxygens (including phenoxy) is 1. The topological polar surface area (TPSA) is 122 Å². The lowest BCUT2D eigenvalue weighted by Gasteiger charge is -2.24. The van der Waals surface area contributed by atoms with Crippen LogP contribution in [0.4, 0.5) is 4.79 Å². The molecule has 2 aliphatic rings. The average Bonchev–Trinajstić information content (AvgIpc) is 3.57. The van der Waals surface area contributed by atoms with Crippen molar-refractivity contribution in [2.24, 2.45) is 5.92 Å². The molecule has 2 atom stereocenters. The second-order valence-corrected chi connectivity index (χ2v) is 8.59. The van der Waals surface area contributed by atoms with Crippen molar-refractivity contribution >= 4 is 17.2 Å². The first-order valence-electron chi connectivity index (χ1n) is 11.4. The van der Waals surface area contributed by atoms with Crippen molar-refractivity contribution in [3.05, 3.63) is 24.5 Å². The molecule has 5 heterocycles. The number of hydrogen-bond acceptors (Lipinski definition) is 8. The summed E-state index contributed by atoms with van der Waals surface area (Å²) in [6, 6.07) is 0.0156. The second kappa shape index (κ2) is 8.89. The Morgan fingerprint density at radius 3 is 2.61 bits per heavy atom. The maximum absolute atomic E-state index is 12.8. The predicted octanol–water partition coefficient (Wildman–Crippen LogP) is 1.50. The highest BCUT2D eigenvalue weighted by Crippen LogP contribution is 2.29. The van der Waals surface area contributed by atoms with Crippen molar-refractivity contribution in [2.75, 3.05) is 32.8 Å². The summed E-state index contributed by atoms with van der Waals surface area (Å²) in [6.45, 7) is 7.11. The number of imidazole rings is 1. The molecule has 11 heteroatoms. The van der Waals surface area contributed by atoms with Crippen molar-refractivity contribution < 1.29 is 14.6 Å². The number of likely N-dealkylation sites (tertiary alicyclic amines) is 2. The van der Waals surface area contributed by atoms with E-state index in [0.717, 1.165) is 18.4 Å². The van der Waals surface area contributed by atoms with Gasteiger partial charge in [-0.3, -0.25) is 0 Å². The first-order chi connectivity index (χ1) is 16.1. The molecular weight excluding hydrogens is 424 g/mol. The number of urea groups is 1. The van der Waals surface area contributed by atoms with Gasteiger partial charge in [0.1, 0.15) is 24.1 Å². The van der Waals surface area contributed by atoms with Gasteiger partial charge in [-0.1, -0.05) is 0 Å². The fourth-order valence-corrected chi connectivity index (χ4v) is 4.54. The highest BCUT2D eigenvalue weighted by molar-refractivity contribution is 5.81. The van der Waals surface area contributed by atoms with Crippen molar-refractivity contribution in [1.82, 2.24) is 39.3 Å². The monoisotopic (exact) mass is 452 g/mol. The molecule has 0 bridgehead atoms. The van der Waals surface area contributed by atoms with Gasteiger partial charge in [-0.05, 0) is 20.3 Å². The van der Waals surface area contributed by atoms with Crippen molar-refractivity contribution in [2.45, 2.75) is 39.3 Å². The lowest BCUT2D eigenvalue weighted by atomic mass is 10.1. The molecule has 2 aliphatic heterocycles. The molecule has 2 unspecified atom stereocenters. The number of nitrogens with zero attached hydrogens (tertiary/aromatic N) is 8. The van der Waals surface area contributed by atoms with Crippen LogP contribution in [0.5, 0.6) is 5.88 Å². The quantitative estimate of drug-likeness (QED) is 0.618. The van der Waals surface area contributed by atoms with Crippen LogP contribution in [0.3, 0.4) is 0 Å². The SMILES string of the molecule is CCn1c(-c2cnc(C)nc2)nc2c(OC3CCN(C(=O)N4CCC(CO)C4)C3)ncnc21. The molecule has 33 heavy (non-hydrogen) atoms. The number of aryl methyl sites for hydroxylation is 2. The van der Waals surface area contributed by atoms with Gasteiger partial charge in [0, 0.05) is 57.5 Å². The van der Waals surface area contributed by atoms with Gasteiger partial charge < -0.3 is 24.2 Å². The minimum Gasteiger partial charge on any atom is -0.471 e. The van der Waals surface area contributed by atoms with E-state index in [1.54, 1.807) is 12.4 Å². The van der Waals surface area contributed by atoms with Gasteiger partial charge in [0.2, 0.25) is 5.88 Å². The van der Waals surface area contributed by atoms with Crippen molar-refractivity contribution in [3.8, 4) is 17.3 Å². The molecule has 0 spiro atoms. The molecule has 0 aromatic carbocycles. The van der Waals surface area contributed by atoms with Crippen LogP contribution in [-0.4, -0.2) is 89.3 Å². The molecule has 2 fully saturated rings. The third-order valence-corrected chi connectivity index (χ3v) is 6.36. The standard InChI is InChI=1S/C22H28N8O3/c1-3-30-19(16-8-23-14(2)24-9-16)27-18-20(30)25-13-26-21(18)33-17-5-7-29(11-17)22(32)28-6-4-15(10-28)12-31/h8-9,13,15,17,31H,3-7,10-12H2,1-2H3. The summed E-state index contributed by atoms with van der Waals surface area (Å²) in [5.74, 6) is 2.01. The Labute approximate surface area is 191 Å². The largest absolute Gasteiger partial charge is 0.471 e. The van der Waals surface area contributed by atoms with E-state index in [0.29, 0.717) is 61.4 Å². The van der Waals surface area contributed by atoms with E-state index in [4.69, 9.17) is 9.72 Å². The van der Waals surface area contributed by atoms with Crippen LogP contribution in [0.25, 0.3) is 22.6 Å². The molecule has 3 aromatic heterocycles. The fourth-order valence-electron chi connectivity index (χ4n) is 4.54. The normalized spacial score (nSPS) is 20.7. The maximum atomic E-state index is 12.8. The van der Waals surface area contributed by atoms with Gasteiger partial charge in [-0.15, -0.1) is 0 Å². The molecular formula is C22H28N8O3. The summed E-state index contributed by atoms with van der Waals surface area (Å²) >= 11 is 0. The third-order valence-electron chi connectivity index (χ3n) is 6.36. The number of hydrogen-bond donors (Lipinski definition) is 1. The molecule has 0 saturated carbocycles. The van der Waals surface area contributed by atoms with Crippen LogP contribution in [0.2, 0.25) is 0 Å². The number of rotatable bonds is 5. The molecule has 3 aromatic rings. The first-order valence-corrected chi connectivity index (χ1v) is 11.4.